The third-order valence-corrected chi connectivity index (χ3v) is 5.86. The summed E-state index contributed by atoms with van der Waals surface area (Å²) < 4.78 is 1.72. The Balaban J connectivity index is 1.64. The Labute approximate surface area is 198 Å². The van der Waals surface area contributed by atoms with E-state index in [0.717, 1.165) is 42.0 Å². The number of hydrogen-bond acceptors (Lipinski definition) is 6. The van der Waals surface area contributed by atoms with Gasteiger partial charge in [-0.3, -0.25) is 15.1 Å². The molecule has 0 fully saturated rings. The molecule has 10 heteroatoms. The van der Waals surface area contributed by atoms with Gasteiger partial charge >= 0.3 is 6.03 Å². The zero-order chi connectivity index (χ0) is 24.1. The maximum Gasteiger partial charge on any atom is 0.321 e. The molecule has 2 amide bonds. The molecule has 1 atom stereocenters. The number of hydrogen-bond donors (Lipinski definition) is 3. The number of imidazole rings is 1. The number of urea groups is 1. The van der Waals surface area contributed by atoms with Gasteiger partial charge < -0.3 is 15.2 Å². The predicted octanol–water partition coefficient (Wildman–Crippen LogP) is 3.03. The average Bonchev–Trinajstić information content (AvgIpc) is 3.50. The maximum absolute atomic E-state index is 12.8. The van der Waals surface area contributed by atoms with Crippen LogP contribution in [0.15, 0.2) is 41.7 Å². The minimum atomic E-state index is -0.350. The van der Waals surface area contributed by atoms with Gasteiger partial charge in [0.25, 0.3) is 0 Å². The molecule has 2 aromatic heterocycles. The Morgan fingerprint density at radius 1 is 1.24 bits per heavy atom. The number of nitrogens with zero attached hydrogens (tertiary/aromatic N) is 5. The molecule has 0 aliphatic carbocycles. The number of anilines is 1. The van der Waals surface area contributed by atoms with E-state index in [-0.39, 0.29) is 17.9 Å². The van der Waals surface area contributed by atoms with Crippen LogP contribution in [0.4, 0.5) is 10.7 Å². The van der Waals surface area contributed by atoms with Crippen molar-refractivity contribution < 1.29 is 9.59 Å². The fraction of sp³-hybridized carbons (Fsp3) is 0.375. The molecule has 0 bridgehead atoms. The van der Waals surface area contributed by atoms with E-state index in [0.29, 0.717) is 24.4 Å². The number of carbonyl (C=O) groups excluding carboxylic acids is 2. The van der Waals surface area contributed by atoms with Crippen LogP contribution in [0.5, 0.6) is 0 Å². The number of dihydropyridines is 1. The Morgan fingerprint density at radius 3 is 2.74 bits per heavy atom. The number of ketones is 1. The van der Waals surface area contributed by atoms with Gasteiger partial charge in [-0.05, 0) is 56.3 Å². The minimum Gasteiger partial charge on any atom is -0.338 e. The quantitative estimate of drug-likeness (QED) is 0.451. The number of nitrogens with one attached hydrogen (secondary N) is 3. The standard InChI is InChI=1S/C24H30N8O2/c1-4-25-24(34)30-23-28-19-12-16(13-20(22(19)29-23)32-10-7-9-27-32)17-14-21(33)18(26-15-17)8-11-31(5-2)6-3/h7,9-10,12-15,18H,4-6,8,11H2,1-3H3,(H3,25,28,29,30,34). The Hall–Kier alpha value is -3.79. The van der Waals surface area contributed by atoms with Crippen LogP contribution in [-0.4, -0.2) is 74.9 Å². The van der Waals surface area contributed by atoms with Crippen LogP contribution in [0.25, 0.3) is 22.3 Å². The van der Waals surface area contributed by atoms with Gasteiger partial charge in [-0.25, -0.2) is 14.5 Å². The Bertz CT molecular complexity index is 1220. The van der Waals surface area contributed by atoms with Crippen molar-refractivity contribution in [2.24, 2.45) is 4.99 Å². The first-order valence-corrected chi connectivity index (χ1v) is 11.6. The lowest BCUT2D eigenvalue weighted by molar-refractivity contribution is -0.115. The van der Waals surface area contributed by atoms with E-state index in [1.165, 1.54) is 0 Å². The van der Waals surface area contributed by atoms with Crippen molar-refractivity contribution in [3.8, 4) is 5.69 Å². The third-order valence-electron chi connectivity index (χ3n) is 5.86. The predicted molar refractivity (Wildman–Crippen MR) is 134 cm³/mol. The highest BCUT2D eigenvalue weighted by Gasteiger charge is 2.22. The van der Waals surface area contributed by atoms with E-state index in [2.05, 4.69) is 49.4 Å². The van der Waals surface area contributed by atoms with Crippen molar-refractivity contribution in [3.63, 3.8) is 0 Å². The fourth-order valence-electron chi connectivity index (χ4n) is 3.97. The lowest BCUT2D eigenvalue weighted by atomic mass is 9.98. The van der Waals surface area contributed by atoms with Crippen molar-refractivity contribution in [1.29, 1.82) is 0 Å². The zero-order valence-corrected chi connectivity index (χ0v) is 19.7. The van der Waals surface area contributed by atoms with E-state index in [9.17, 15) is 9.59 Å². The number of benzene rings is 1. The molecule has 3 aromatic rings. The molecule has 1 aliphatic heterocycles. The first kappa shape index (κ1) is 23.4. The molecule has 178 valence electrons. The molecule has 1 unspecified atom stereocenters. The molecule has 0 saturated heterocycles. The first-order chi connectivity index (χ1) is 16.5. The van der Waals surface area contributed by atoms with Gasteiger partial charge in [0.2, 0.25) is 5.95 Å². The van der Waals surface area contributed by atoms with Crippen molar-refractivity contribution in [3.05, 3.63) is 42.2 Å². The van der Waals surface area contributed by atoms with E-state index in [1.807, 2.05) is 31.3 Å². The molecule has 1 aromatic carbocycles. The summed E-state index contributed by atoms with van der Waals surface area (Å²) >= 11 is 0. The van der Waals surface area contributed by atoms with Gasteiger partial charge in [-0.15, -0.1) is 0 Å². The normalized spacial score (nSPS) is 15.7. The average molecular weight is 463 g/mol. The van der Waals surface area contributed by atoms with E-state index in [4.69, 9.17) is 0 Å². The smallest absolute Gasteiger partial charge is 0.321 e. The second-order valence-corrected chi connectivity index (χ2v) is 8.02. The summed E-state index contributed by atoms with van der Waals surface area (Å²) in [5, 5.41) is 9.74. The maximum atomic E-state index is 12.8. The summed E-state index contributed by atoms with van der Waals surface area (Å²) in [4.78, 5) is 39.3. The zero-order valence-electron chi connectivity index (χ0n) is 19.7. The summed E-state index contributed by atoms with van der Waals surface area (Å²) in [6.07, 6.45) is 7.64. The Kier molecular flexibility index (Phi) is 7.17. The third kappa shape index (κ3) is 5.07. The number of aliphatic imine (C=N–C) groups is 1. The number of rotatable bonds is 9. The van der Waals surface area contributed by atoms with Crippen LogP contribution in [0.2, 0.25) is 0 Å². The molecule has 3 N–H and O–H groups in total. The summed E-state index contributed by atoms with van der Waals surface area (Å²) in [6, 6.07) is 4.95. The van der Waals surface area contributed by atoms with Gasteiger partial charge in [-0.2, -0.15) is 5.10 Å². The van der Waals surface area contributed by atoms with E-state index >= 15 is 0 Å². The minimum absolute atomic E-state index is 0.00557. The molecule has 0 saturated carbocycles. The number of H-pyrrole nitrogens is 1. The molecule has 1 aliphatic rings. The molecular formula is C24H30N8O2. The highest BCUT2D eigenvalue weighted by atomic mass is 16.2. The van der Waals surface area contributed by atoms with Crippen LogP contribution < -0.4 is 10.6 Å². The largest absolute Gasteiger partial charge is 0.338 e. The first-order valence-electron chi connectivity index (χ1n) is 11.6. The Morgan fingerprint density at radius 2 is 2.06 bits per heavy atom. The van der Waals surface area contributed by atoms with Gasteiger partial charge in [-0.1, -0.05) is 13.8 Å². The van der Waals surface area contributed by atoms with Gasteiger partial charge in [0.05, 0.1) is 16.7 Å². The fourth-order valence-corrected chi connectivity index (χ4v) is 3.97. The van der Waals surface area contributed by atoms with Crippen LogP contribution >= 0.6 is 0 Å². The number of carbonyl (C=O) groups is 2. The molecule has 4 rings (SSSR count). The topological polar surface area (TPSA) is 120 Å². The number of aromatic nitrogens is 4. The monoisotopic (exact) mass is 462 g/mol. The van der Waals surface area contributed by atoms with Crippen LogP contribution in [0, 0.1) is 0 Å². The number of allylic oxidation sites excluding steroid dienone is 1. The van der Waals surface area contributed by atoms with Crippen molar-refractivity contribution in [1.82, 2.24) is 30.0 Å². The highest BCUT2D eigenvalue weighted by molar-refractivity contribution is 6.21. The number of aromatic amines is 1. The van der Waals surface area contributed by atoms with Crippen molar-refractivity contribution in [2.45, 2.75) is 33.2 Å². The lowest BCUT2D eigenvalue weighted by Gasteiger charge is -2.21. The molecular weight excluding hydrogens is 432 g/mol. The molecule has 34 heavy (non-hydrogen) atoms. The van der Waals surface area contributed by atoms with Crippen LogP contribution in [0.3, 0.4) is 0 Å². The van der Waals surface area contributed by atoms with Gasteiger partial charge in [0, 0.05) is 37.3 Å². The van der Waals surface area contributed by atoms with Crippen molar-refractivity contribution in [2.75, 3.05) is 31.5 Å². The summed E-state index contributed by atoms with van der Waals surface area (Å²) in [6.45, 7) is 9.34. The molecule has 10 nitrogen and oxygen atoms in total. The van der Waals surface area contributed by atoms with Crippen LogP contribution in [-0.2, 0) is 4.79 Å². The lowest BCUT2D eigenvalue weighted by Crippen LogP contribution is -2.30. The summed E-state index contributed by atoms with van der Waals surface area (Å²) in [5.74, 6) is 0.330. The van der Waals surface area contributed by atoms with Gasteiger partial charge in [0.1, 0.15) is 6.04 Å². The van der Waals surface area contributed by atoms with Gasteiger partial charge in [0.15, 0.2) is 5.78 Å². The van der Waals surface area contributed by atoms with E-state index in [1.54, 1.807) is 23.2 Å². The van der Waals surface area contributed by atoms with Crippen molar-refractivity contribution >= 4 is 40.6 Å². The van der Waals surface area contributed by atoms with E-state index < -0.39 is 0 Å². The number of amides is 2. The van der Waals surface area contributed by atoms with Crippen LogP contribution in [0.1, 0.15) is 32.8 Å². The molecule has 3 heterocycles. The SMILES string of the molecule is CCNC(=O)Nc1nc2cc(C3=CC(=O)C(CCN(CC)CC)N=C3)cc(-n3cccn3)c2[nH]1. The molecule has 0 radical (unpaired) electrons. The second kappa shape index (κ2) is 10.4. The molecule has 0 spiro atoms. The second-order valence-electron chi connectivity index (χ2n) is 8.02. The summed E-state index contributed by atoms with van der Waals surface area (Å²) in [7, 11) is 0. The number of fused-ring (bicyclic) bond motifs is 1. The summed E-state index contributed by atoms with van der Waals surface area (Å²) in [5.41, 5.74) is 3.63. The highest BCUT2D eigenvalue weighted by Crippen LogP contribution is 2.28.